The lowest BCUT2D eigenvalue weighted by Gasteiger charge is -2.26. The summed E-state index contributed by atoms with van der Waals surface area (Å²) in [6.07, 6.45) is 5.44. The lowest BCUT2D eigenvalue weighted by Crippen LogP contribution is -2.30. The molecule has 0 radical (unpaired) electrons. The van der Waals surface area contributed by atoms with Crippen molar-refractivity contribution in [2.45, 2.75) is 44.2 Å². The predicted octanol–water partition coefficient (Wildman–Crippen LogP) is 2.47. The van der Waals surface area contributed by atoms with Gasteiger partial charge in [0.05, 0.1) is 5.60 Å². The third-order valence-electron chi connectivity index (χ3n) is 4.62. The van der Waals surface area contributed by atoms with E-state index in [1.165, 1.54) is 18.4 Å². The highest BCUT2D eigenvalue weighted by Gasteiger charge is 2.52. The van der Waals surface area contributed by atoms with Crippen LogP contribution in [0.25, 0.3) is 0 Å². The maximum atomic E-state index is 10.2. The van der Waals surface area contributed by atoms with Crippen LogP contribution in [-0.2, 0) is 6.54 Å². The molecular formula is C15H21NO. The maximum Gasteiger partial charge on any atom is 0.0654 e. The number of rotatable bonds is 4. The van der Waals surface area contributed by atoms with Crippen molar-refractivity contribution in [3.05, 3.63) is 35.9 Å². The van der Waals surface area contributed by atoms with E-state index in [2.05, 4.69) is 35.6 Å². The van der Waals surface area contributed by atoms with Gasteiger partial charge in [-0.15, -0.1) is 0 Å². The van der Waals surface area contributed by atoms with Crippen molar-refractivity contribution in [1.82, 2.24) is 5.32 Å². The van der Waals surface area contributed by atoms with Gasteiger partial charge in [-0.1, -0.05) is 30.3 Å². The van der Waals surface area contributed by atoms with Gasteiger partial charge in [-0.2, -0.15) is 0 Å². The first-order valence-corrected chi connectivity index (χ1v) is 6.67. The minimum atomic E-state index is -0.311. The molecule has 2 fully saturated rings. The van der Waals surface area contributed by atoms with Crippen LogP contribution >= 0.6 is 0 Å². The topological polar surface area (TPSA) is 32.3 Å². The largest absolute Gasteiger partial charge is 0.390 e. The molecule has 0 atom stereocenters. The zero-order valence-corrected chi connectivity index (χ0v) is 10.3. The SMILES string of the molecule is OC12CCC(CNCc3ccccc3)(CC1)C2. The van der Waals surface area contributed by atoms with Crippen LogP contribution in [0.15, 0.2) is 30.3 Å². The molecule has 1 aromatic carbocycles. The van der Waals surface area contributed by atoms with Gasteiger partial charge >= 0.3 is 0 Å². The Balaban J connectivity index is 1.53. The molecule has 2 N–H and O–H groups in total. The fourth-order valence-electron chi connectivity index (χ4n) is 3.60. The Labute approximate surface area is 103 Å². The van der Waals surface area contributed by atoms with E-state index in [0.717, 1.165) is 32.4 Å². The number of hydrogen-bond donors (Lipinski definition) is 2. The number of aliphatic hydroxyl groups is 1. The van der Waals surface area contributed by atoms with Gasteiger partial charge in [0.1, 0.15) is 0 Å². The lowest BCUT2D eigenvalue weighted by molar-refractivity contribution is 0.0521. The van der Waals surface area contributed by atoms with Crippen LogP contribution in [-0.4, -0.2) is 17.3 Å². The fourth-order valence-corrected chi connectivity index (χ4v) is 3.60. The van der Waals surface area contributed by atoms with Gasteiger partial charge in [0.25, 0.3) is 0 Å². The Kier molecular flexibility index (Phi) is 2.72. The summed E-state index contributed by atoms with van der Waals surface area (Å²) < 4.78 is 0. The van der Waals surface area contributed by atoms with Crippen LogP contribution in [0.5, 0.6) is 0 Å². The van der Waals surface area contributed by atoms with E-state index in [-0.39, 0.29) is 5.60 Å². The Morgan fingerprint density at radius 1 is 1.06 bits per heavy atom. The predicted molar refractivity (Wildman–Crippen MR) is 68.6 cm³/mol. The van der Waals surface area contributed by atoms with Crippen molar-refractivity contribution >= 4 is 0 Å². The molecule has 2 heteroatoms. The molecule has 2 saturated carbocycles. The normalized spacial score (nSPS) is 35.4. The Bertz CT molecular complexity index is 379. The van der Waals surface area contributed by atoms with E-state index < -0.39 is 0 Å². The van der Waals surface area contributed by atoms with Crippen molar-refractivity contribution in [3.8, 4) is 0 Å². The molecule has 3 rings (SSSR count). The smallest absolute Gasteiger partial charge is 0.0654 e. The minimum absolute atomic E-state index is 0.311. The summed E-state index contributed by atoms with van der Waals surface area (Å²) in [4.78, 5) is 0. The van der Waals surface area contributed by atoms with Gasteiger partial charge < -0.3 is 10.4 Å². The van der Waals surface area contributed by atoms with Gasteiger partial charge in [-0.3, -0.25) is 0 Å². The van der Waals surface area contributed by atoms with E-state index in [1.54, 1.807) is 0 Å². The molecule has 2 aliphatic rings. The monoisotopic (exact) mass is 231 g/mol. The third kappa shape index (κ3) is 2.24. The van der Waals surface area contributed by atoms with Gasteiger partial charge in [0, 0.05) is 13.1 Å². The molecule has 0 heterocycles. The average Bonchev–Trinajstić information content (AvgIpc) is 2.84. The van der Waals surface area contributed by atoms with Crippen molar-refractivity contribution in [2.24, 2.45) is 5.41 Å². The van der Waals surface area contributed by atoms with Crippen LogP contribution in [0.2, 0.25) is 0 Å². The molecule has 0 aromatic heterocycles. The molecule has 92 valence electrons. The Morgan fingerprint density at radius 3 is 2.35 bits per heavy atom. The van der Waals surface area contributed by atoms with Crippen LogP contribution in [0.3, 0.4) is 0 Å². The minimum Gasteiger partial charge on any atom is -0.390 e. The summed E-state index contributed by atoms with van der Waals surface area (Å²) in [5.41, 5.74) is 1.42. The van der Waals surface area contributed by atoms with Gasteiger partial charge in [0.15, 0.2) is 0 Å². The number of nitrogens with one attached hydrogen (secondary N) is 1. The van der Waals surface area contributed by atoms with Crippen molar-refractivity contribution in [3.63, 3.8) is 0 Å². The number of hydrogen-bond acceptors (Lipinski definition) is 2. The van der Waals surface area contributed by atoms with Crippen molar-refractivity contribution in [1.29, 1.82) is 0 Å². The fraction of sp³-hybridized carbons (Fsp3) is 0.600. The molecule has 0 saturated heterocycles. The molecule has 2 aliphatic carbocycles. The number of benzene rings is 1. The molecule has 0 unspecified atom stereocenters. The molecular weight excluding hydrogens is 210 g/mol. The molecule has 2 bridgehead atoms. The molecule has 0 aliphatic heterocycles. The standard InChI is InChI=1S/C15H21NO/c17-15-8-6-14(11-15,7-9-15)12-16-10-13-4-2-1-3-5-13/h1-5,16-17H,6-12H2. The quantitative estimate of drug-likeness (QED) is 0.834. The first-order valence-electron chi connectivity index (χ1n) is 6.67. The molecule has 0 spiro atoms. The van der Waals surface area contributed by atoms with Crippen molar-refractivity contribution in [2.75, 3.05) is 6.54 Å². The summed E-state index contributed by atoms with van der Waals surface area (Å²) in [5, 5.41) is 13.8. The maximum absolute atomic E-state index is 10.2. The molecule has 1 aromatic rings. The van der Waals surface area contributed by atoms with Gasteiger partial charge in [0.2, 0.25) is 0 Å². The Hall–Kier alpha value is -0.860. The lowest BCUT2D eigenvalue weighted by atomic mass is 9.84. The summed E-state index contributed by atoms with van der Waals surface area (Å²) >= 11 is 0. The molecule has 0 amide bonds. The second-order valence-corrected chi connectivity index (χ2v) is 5.99. The van der Waals surface area contributed by atoms with E-state index >= 15 is 0 Å². The van der Waals surface area contributed by atoms with E-state index in [4.69, 9.17) is 0 Å². The van der Waals surface area contributed by atoms with Crippen molar-refractivity contribution < 1.29 is 5.11 Å². The van der Waals surface area contributed by atoms with E-state index in [9.17, 15) is 5.11 Å². The summed E-state index contributed by atoms with van der Waals surface area (Å²) in [6.45, 7) is 2.01. The van der Waals surface area contributed by atoms with Gasteiger partial charge in [-0.05, 0) is 43.1 Å². The Morgan fingerprint density at radius 2 is 1.76 bits per heavy atom. The zero-order chi connectivity index (χ0) is 11.8. The highest BCUT2D eigenvalue weighted by molar-refractivity contribution is 5.14. The summed E-state index contributed by atoms with van der Waals surface area (Å²) in [7, 11) is 0. The molecule has 2 nitrogen and oxygen atoms in total. The number of fused-ring (bicyclic) bond motifs is 2. The first-order chi connectivity index (χ1) is 8.20. The second kappa shape index (κ2) is 4.11. The van der Waals surface area contributed by atoms with Crippen LogP contribution in [0, 0.1) is 5.41 Å². The first kappa shape index (κ1) is 11.2. The van der Waals surface area contributed by atoms with Gasteiger partial charge in [-0.25, -0.2) is 0 Å². The summed E-state index contributed by atoms with van der Waals surface area (Å²) in [5.74, 6) is 0. The molecule has 17 heavy (non-hydrogen) atoms. The van der Waals surface area contributed by atoms with Crippen LogP contribution in [0.1, 0.15) is 37.7 Å². The average molecular weight is 231 g/mol. The second-order valence-electron chi connectivity index (χ2n) is 5.99. The van der Waals surface area contributed by atoms with Crippen LogP contribution in [0.4, 0.5) is 0 Å². The van der Waals surface area contributed by atoms with E-state index in [1.807, 2.05) is 0 Å². The zero-order valence-electron chi connectivity index (χ0n) is 10.3. The van der Waals surface area contributed by atoms with E-state index in [0.29, 0.717) is 5.41 Å². The highest BCUT2D eigenvalue weighted by Crippen LogP contribution is 2.55. The third-order valence-corrected chi connectivity index (χ3v) is 4.62. The van der Waals surface area contributed by atoms with Crippen LogP contribution < -0.4 is 5.32 Å². The highest BCUT2D eigenvalue weighted by atomic mass is 16.3. The summed E-state index contributed by atoms with van der Waals surface area (Å²) in [6, 6.07) is 10.5.